The number of ketones is 1. The van der Waals surface area contributed by atoms with Gasteiger partial charge in [-0.3, -0.25) is 14.4 Å². The number of aryl methyl sites for hydroxylation is 2. The lowest BCUT2D eigenvalue weighted by Crippen LogP contribution is -2.53. The molecule has 2 aliphatic rings. The van der Waals surface area contributed by atoms with Gasteiger partial charge in [0.2, 0.25) is 11.8 Å². The van der Waals surface area contributed by atoms with Gasteiger partial charge in [0.25, 0.3) is 5.91 Å². The molecule has 1 saturated heterocycles. The number of ether oxygens (including phenoxy) is 1. The van der Waals surface area contributed by atoms with Crippen molar-refractivity contribution in [2.45, 2.75) is 44.3 Å². The minimum atomic E-state index is -1.59. The number of thiophene rings is 1. The van der Waals surface area contributed by atoms with E-state index in [1.807, 2.05) is 32.0 Å². The molecule has 2 aromatic carbocycles. The summed E-state index contributed by atoms with van der Waals surface area (Å²) in [6.07, 6.45) is 2.74. The van der Waals surface area contributed by atoms with Crippen LogP contribution in [0.15, 0.2) is 61.2 Å². The maximum absolute atomic E-state index is 14.2. The Bertz CT molecular complexity index is 1850. The molecule has 44 heavy (non-hydrogen) atoms. The van der Waals surface area contributed by atoms with Crippen molar-refractivity contribution in [2.24, 2.45) is 11.5 Å². The summed E-state index contributed by atoms with van der Waals surface area (Å²) in [5.74, 6) is 0.0412. The Morgan fingerprint density at radius 2 is 1.95 bits per heavy atom. The summed E-state index contributed by atoms with van der Waals surface area (Å²) in [5, 5.41) is 3.68. The number of likely N-dealkylation sites (tertiary alicyclic amines) is 1. The first kappa shape index (κ1) is 29.5. The van der Waals surface area contributed by atoms with E-state index >= 15 is 0 Å². The zero-order chi connectivity index (χ0) is 31.3. The van der Waals surface area contributed by atoms with Crippen molar-refractivity contribution in [3.8, 4) is 11.6 Å². The molecule has 0 bridgehead atoms. The number of piperidine rings is 1. The molecule has 3 atom stereocenters. The fourth-order valence-corrected chi connectivity index (χ4v) is 7.54. The molecule has 4 aromatic rings. The highest BCUT2D eigenvalue weighted by Crippen LogP contribution is 2.50. The number of hydrogen-bond donors (Lipinski definition) is 4. The molecule has 1 aliphatic heterocycles. The van der Waals surface area contributed by atoms with Gasteiger partial charge in [0.15, 0.2) is 5.78 Å². The van der Waals surface area contributed by atoms with Gasteiger partial charge in [-0.2, -0.15) is 0 Å². The van der Waals surface area contributed by atoms with Crippen LogP contribution in [0, 0.1) is 13.8 Å². The molecule has 2 amide bonds. The zero-order valence-corrected chi connectivity index (χ0v) is 25.4. The van der Waals surface area contributed by atoms with Crippen LogP contribution >= 0.6 is 11.3 Å². The van der Waals surface area contributed by atoms with E-state index < -0.39 is 17.4 Å². The van der Waals surface area contributed by atoms with Crippen LogP contribution in [0.5, 0.6) is 11.6 Å². The quantitative estimate of drug-likeness (QED) is 0.188. The largest absolute Gasteiger partial charge is 0.439 e. The molecule has 1 fully saturated rings. The number of hydrogen-bond acceptors (Lipinski definition) is 9. The van der Waals surface area contributed by atoms with Gasteiger partial charge in [-0.25, -0.2) is 4.98 Å². The number of pyridine rings is 1. The number of benzene rings is 2. The van der Waals surface area contributed by atoms with Crippen molar-refractivity contribution in [1.82, 2.24) is 15.2 Å². The Labute approximate surface area is 258 Å². The summed E-state index contributed by atoms with van der Waals surface area (Å²) < 4.78 is 6.61. The van der Waals surface area contributed by atoms with Crippen molar-refractivity contribution in [1.29, 1.82) is 0 Å². The topological polar surface area (TPSA) is 167 Å². The van der Waals surface area contributed by atoms with Gasteiger partial charge >= 0.3 is 0 Å². The minimum absolute atomic E-state index is 0.174. The summed E-state index contributed by atoms with van der Waals surface area (Å²) >= 11 is 1.20. The molecule has 10 nitrogen and oxygen atoms in total. The highest BCUT2D eigenvalue weighted by atomic mass is 32.1. The summed E-state index contributed by atoms with van der Waals surface area (Å²) in [7, 11) is 0. The third-order valence-electron chi connectivity index (χ3n) is 8.47. The van der Waals surface area contributed by atoms with Crippen LogP contribution in [0.1, 0.15) is 56.5 Å². The van der Waals surface area contributed by atoms with E-state index in [0.717, 1.165) is 24.1 Å². The molecule has 6 rings (SSSR count). The predicted molar refractivity (Wildman–Crippen MR) is 171 cm³/mol. The maximum Gasteiger partial charge on any atom is 0.262 e. The molecule has 11 heteroatoms. The second-order valence-electron chi connectivity index (χ2n) is 11.4. The van der Waals surface area contributed by atoms with Crippen LogP contribution < -0.4 is 27.3 Å². The van der Waals surface area contributed by atoms with Gasteiger partial charge in [-0.15, -0.1) is 11.3 Å². The van der Waals surface area contributed by atoms with Crippen molar-refractivity contribution in [3.05, 3.63) is 94.0 Å². The number of rotatable bonds is 6. The van der Waals surface area contributed by atoms with E-state index in [4.69, 9.17) is 21.9 Å². The van der Waals surface area contributed by atoms with Crippen LogP contribution in [0.3, 0.4) is 0 Å². The molecule has 3 unspecified atom stereocenters. The Hall–Kier alpha value is -4.58. The fraction of sp³-hybridized carbons (Fsp3) is 0.273. The maximum atomic E-state index is 14.2. The van der Waals surface area contributed by atoms with Crippen molar-refractivity contribution in [3.63, 3.8) is 0 Å². The number of carbonyl (C=O) groups is 3. The lowest BCUT2D eigenvalue weighted by Gasteiger charge is -2.37. The molecule has 0 saturated carbocycles. The lowest BCUT2D eigenvalue weighted by atomic mass is 9.69. The van der Waals surface area contributed by atoms with Crippen molar-refractivity contribution < 1.29 is 19.1 Å². The molecule has 226 valence electrons. The van der Waals surface area contributed by atoms with E-state index in [0.29, 0.717) is 62.1 Å². The van der Waals surface area contributed by atoms with Gasteiger partial charge < -0.3 is 32.2 Å². The first-order chi connectivity index (χ1) is 21.0. The van der Waals surface area contributed by atoms with Crippen LogP contribution in [0.2, 0.25) is 0 Å². The van der Waals surface area contributed by atoms with Gasteiger partial charge in [-0.1, -0.05) is 24.8 Å². The predicted octanol–water partition coefficient (Wildman–Crippen LogP) is 3.98. The van der Waals surface area contributed by atoms with E-state index in [1.54, 1.807) is 35.2 Å². The fourth-order valence-electron chi connectivity index (χ4n) is 6.34. The summed E-state index contributed by atoms with van der Waals surface area (Å²) in [4.78, 5) is 46.5. The highest BCUT2D eigenvalue weighted by Gasteiger charge is 2.49. The Morgan fingerprint density at radius 1 is 1.18 bits per heavy atom. The number of amides is 2. The zero-order valence-electron chi connectivity index (χ0n) is 24.6. The van der Waals surface area contributed by atoms with E-state index in [2.05, 4.69) is 16.9 Å². The average molecular weight is 611 g/mol. The number of nitrogen functional groups attached to an aromatic ring is 1. The molecule has 0 radical (unpaired) electrons. The SMILES string of the molecule is C=CC(=O)N1CCCC(NC(=O)c2sc3c(N)ccc4c3c2C(N)C(=O)C4(N)c2ccc(Oc3cccc(C)n3)cc2C)C1. The minimum Gasteiger partial charge on any atom is -0.439 e. The van der Waals surface area contributed by atoms with Crippen molar-refractivity contribution in [2.75, 3.05) is 18.8 Å². The van der Waals surface area contributed by atoms with Gasteiger partial charge in [-0.05, 0) is 73.7 Å². The molecule has 7 N–H and O–H groups in total. The lowest BCUT2D eigenvalue weighted by molar-refractivity contribution is -0.127. The normalized spacial score (nSPS) is 21.3. The second-order valence-corrected chi connectivity index (χ2v) is 12.4. The molecular weight excluding hydrogens is 576 g/mol. The number of anilines is 1. The number of aromatic nitrogens is 1. The first-order valence-corrected chi connectivity index (χ1v) is 15.2. The number of Topliss-reactive ketones (excluding diaryl/α,β-unsaturated/α-hetero) is 1. The van der Waals surface area contributed by atoms with Gasteiger partial charge in [0, 0.05) is 47.5 Å². The van der Waals surface area contributed by atoms with E-state index in [-0.39, 0.29) is 17.9 Å². The molecule has 1 aliphatic carbocycles. The van der Waals surface area contributed by atoms with E-state index in [9.17, 15) is 14.4 Å². The summed E-state index contributed by atoms with van der Waals surface area (Å²) in [6.45, 7) is 8.29. The summed E-state index contributed by atoms with van der Waals surface area (Å²) in [5.41, 5.74) is 22.1. The number of nitrogens with zero attached hydrogens (tertiary/aromatic N) is 2. The van der Waals surface area contributed by atoms with Crippen LogP contribution in [-0.4, -0.2) is 46.6 Å². The average Bonchev–Trinajstić information content (AvgIpc) is 3.41. The standard InChI is InChI=1S/C33H34N6O4S/c1-4-25(40)39-14-6-8-19(16-39)38-32(42)30-27-26-22(12-13-23(34)29(26)44-30)33(36,31(41)28(27)35)21-11-10-20(15-17(21)2)43-24-9-5-7-18(3)37-24/h4-5,7,9-13,15,19,28H,1,6,8,14,16,34-36H2,2-3H3,(H,38,42). The Balaban J connectivity index is 1.38. The van der Waals surface area contributed by atoms with Crippen molar-refractivity contribution >= 4 is 44.7 Å². The monoisotopic (exact) mass is 610 g/mol. The number of nitrogens with one attached hydrogen (secondary N) is 1. The van der Waals surface area contributed by atoms with Crippen LogP contribution in [-0.2, 0) is 15.1 Å². The van der Waals surface area contributed by atoms with Crippen LogP contribution in [0.4, 0.5) is 5.69 Å². The third kappa shape index (κ3) is 4.83. The molecule has 2 aromatic heterocycles. The number of nitrogens with two attached hydrogens (primary N) is 3. The molecular formula is C33H34N6O4S. The first-order valence-electron chi connectivity index (χ1n) is 14.4. The Morgan fingerprint density at radius 3 is 2.68 bits per heavy atom. The smallest absolute Gasteiger partial charge is 0.262 e. The number of carbonyl (C=O) groups excluding carboxylic acids is 3. The van der Waals surface area contributed by atoms with Crippen LogP contribution in [0.25, 0.3) is 10.1 Å². The second kappa shape index (κ2) is 11.2. The van der Waals surface area contributed by atoms with E-state index in [1.165, 1.54) is 17.4 Å². The third-order valence-corrected chi connectivity index (χ3v) is 9.72. The van der Waals surface area contributed by atoms with Gasteiger partial charge in [0.1, 0.15) is 11.3 Å². The molecule has 3 heterocycles. The highest BCUT2D eigenvalue weighted by molar-refractivity contribution is 7.21. The Kier molecular flexibility index (Phi) is 7.48. The van der Waals surface area contributed by atoms with Gasteiger partial charge in [0.05, 0.1) is 15.6 Å². The summed E-state index contributed by atoms with van der Waals surface area (Å²) in [6, 6.07) is 12.9. The molecule has 0 spiro atoms.